The van der Waals surface area contributed by atoms with Crippen LogP contribution in [0.1, 0.15) is 31.2 Å². The number of aromatic nitrogens is 2. The Morgan fingerprint density at radius 1 is 1.43 bits per heavy atom. The van der Waals surface area contributed by atoms with Crippen LogP contribution in [0.3, 0.4) is 0 Å². The highest BCUT2D eigenvalue weighted by Gasteiger charge is 2.10. The molecule has 4 heteroatoms. The fourth-order valence-corrected chi connectivity index (χ4v) is 1.99. The van der Waals surface area contributed by atoms with Crippen molar-refractivity contribution in [2.24, 2.45) is 0 Å². The van der Waals surface area contributed by atoms with Gasteiger partial charge in [0.05, 0.1) is 15.9 Å². The number of aliphatic hydroxyl groups is 1. The molecule has 14 heavy (non-hydrogen) atoms. The summed E-state index contributed by atoms with van der Waals surface area (Å²) in [5.74, 6) is 0. The number of rotatable bonds is 5. The standard InChI is InChI=1S/C10H17BrN2O/c1-3-13-9(6-4-5-7-14)10(11)8(2)12-13/h14H,3-7H2,1-2H3. The van der Waals surface area contributed by atoms with Gasteiger partial charge in [0.25, 0.3) is 0 Å². The number of hydrogen-bond donors (Lipinski definition) is 1. The number of aryl methyl sites for hydroxylation is 2. The van der Waals surface area contributed by atoms with Crippen molar-refractivity contribution >= 4 is 15.9 Å². The molecule has 1 aromatic heterocycles. The summed E-state index contributed by atoms with van der Waals surface area (Å²) in [6, 6.07) is 0. The summed E-state index contributed by atoms with van der Waals surface area (Å²) in [5, 5.41) is 13.1. The predicted molar refractivity (Wildman–Crippen MR) is 60.4 cm³/mol. The Labute approximate surface area is 93.3 Å². The summed E-state index contributed by atoms with van der Waals surface area (Å²) >= 11 is 3.55. The first kappa shape index (κ1) is 11.7. The fraction of sp³-hybridized carbons (Fsp3) is 0.700. The molecule has 3 nitrogen and oxygen atoms in total. The molecule has 0 aliphatic carbocycles. The zero-order valence-corrected chi connectivity index (χ0v) is 10.3. The molecule has 0 atom stereocenters. The van der Waals surface area contributed by atoms with Gasteiger partial charge in [0.15, 0.2) is 0 Å². The van der Waals surface area contributed by atoms with Crippen LogP contribution in [0.4, 0.5) is 0 Å². The van der Waals surface area contributed by atoms with Crippen molar-refractivity contribution in [3.8, 4) is 0 Å². The van der Waals surface area contributed by atoms with Crippen LogP contribution in [-0.4, -0.2) is 21.5 Å². The van der Waals surface area contributed by atoms with Gasteiger partial charge in [0.1, 0.15) is 0 Å². The summed E-state index contributed by atoms with van der Waals surface area (Å²) in [4.78, 5) is 0. The lowest BCUT2D eigenvalue weighted by atomic mass is 10.2. The van der Waals surface area contributed by atoms with Gasteiger partial charge in [-0.15, -0.1) is 0 Å². The minimum absolute atomic E-state index is 0.275. The summed E-state index contributed by atoms with van der Waals surface area (Å²) < 4.78 is 3.15. The van der Waals surface area contributed by atoms with Crippen molar-refractivity contribution in [2.45, 2.75) is 39.7 Å². The highest BCUT2D eigenvalue weighted by Crippen LogP contribution is 2.22. The van der Waals surface area contributed by atoms with E-state index < -0.39 is 0 Å². The van der Waals surface area contributed by atoms with E-state index in [1.165, 1.54) is 5.69 Å². The Bertz CT molecular complexity index is 297. The second-order valence-corrected chi connectivity index (χ2v) is 4.14. The average molecular weight is 261 g/mol. The lowest BCUT2D eigenvalue weighted by Gasteiger charge is -2.04. The number of unbranched alkanes of at least 4 members (excludes halogenated alkanes) is 1. The molecule has 0 saturated heterocycles. The largest absolute Gasteiger partial charge is 0.396 e. The third-order valence-corrected chi connectivity index (χ3v) is 3.31. The van der Waals surface area contributed by atoms with Crippen LogP contribution in [0, 0.1) is 6.92 Å². The van der Waals surface area contributed by atoms with Gasteiger partial charge >= 0.3 is 0 Å². The van der Waals surface area contributed by atoms with E-state index in [0.717, 1.165) is 36.0 Å². The van der Waals surface area contributed by atoms with Gasteiger partial charge in [-0.3, -0.25) is 4.68 Å². The topological polar surface area (TPSA) is 38.0 Å². The highest BCUT2D eigenvalue weighted by molar-refractivity contribution is 9.10. The second kappa shape index (κ2) is 5.51. The van der Waals surface area contributed by atoms with Crippen molar-refractivity contribution in [2.75, 3.05) is 6.61 Å². The van der Waals surface area contributed by atoms with E-state index in [0.29, 0.717) is 0 Å². The van der Waals surface area contributed by atoms with E-state index in [9.17, 15) is 0 Å². The fourth-order valence-electron chi connectivity index (χ4n) is 1.51. The lowest BCUT2D eigenvalue weighted by molar-refractivity contribution is 0.284. The Morgan fingerprint density at radius 2 is 2.14 bits per heavy atom. The smallest absolute Gasteiger partial charge is 0.0738 e. The van der Waals surface area contributed by atoms with Crippen LogP contribution in [0.2, 0.25) is 0 Å². The van der Waals surface area contributed by atoms with E-state index in [1.807, 2.05) is 11.6 Å². The summed E-state index contributed by atoms with van der Waals surface area (Å²) in [5.41, 5.74) is 2.30. The van der Waals surface area contributed by atoms with Crippen LogP contribution < -0.4 is 0 Å². The maximum absolute atomic E-state index is 8.71. The van der Waals surface area contributed by atoms with Crippen LogP contribution in [0.15, 0.2) is 4.47 Å². The monoisotopic (exact) mass is 260 g/mol. The van der Waals surface area contributed by atoms with E-state index in [1.54, 1.807) is 0 Å². The van der Waals surface area contributed by atoms with Crippen LogP contribution in [0.5, 0.6) is 0 Å². The Kier molecular flexibility index (Phi) is 4.62. The third-order valence-electron chi connectivity index (χ3n) is 2.27. The Hall–Kier alpha value is -0.350. The SMILES string of the molecule is CCn1nc(C)c(Br)c1CCCCO. The maximum atomic E-state index is 8.71. The molecule has 1 heterocycles. The molecule has 0 bridgehead atoms. The molecule has 0 unspecified atom stereocenters. The van der Waals surface area contributed by atoms with Crippen LogP contribution in [0.25, 0.3) is 0 Å². The molecule has 0 aromatic carbocycles. The molecule has 0 aliphatic rings. The number of aliphatic hydroxyl groups excluding tert-OH is 1. The van der Waals surface area contributed by atoms with E-state index in [2.05, 4.69) is 28.0 Å². The zero-order valence-electron chi connectivity index (χ0n) is 8.76. The molecule has 1 rings (SSSR count). The van der Waals surface area contributed by atoms with Gasteiger partial charge in [0.2, 0.25) is 0 Å². The molecule has 0 saturated carbocycles. The molecular weight excluding hydrogens is 244 g/mol. The van der Waals surface area contributed by atoms with Crippen molar-refractivity contribution < 1.29 is 5.11 Å². The summed E-state index contributed by atoms with van der Waals surface area (Å²) in [6.07, 6.45) is 2.86. The normalized spacial score (nSPS) is 10.9. The molecular formula is C10H17BrN2O. The lowest BCUT2D eigenvalue weighted by Crippen LogP contribution is -2.03. The number of hydrogen-bond acceptors (Lipinski definition) is 2. The zero-order chi connectivity index (χ0) is 10.6. The van der Waals surface area contributed by atoms with Gasteiger partial charge in [-0.2, -0.15) is 5.10 Å². The van der Waals surface area contributed by atoms with E-state index in [4.69, 9.17) is 5.11 Å². The van der Waals surface area contributed by atoms with Gasteiger partial charge in [-0.05, 0) is 49.0 Å². The van der Waals surface area contributed by atoms with E-state index in [-0.39, 0.29) is 6.61 Å². The first-order valence-corrected chi connectivity index (χ1v) is 5.82. The molecule has 0 amide bonds. The van der Waals surface area contributed by atoms with Crippen molar-refractivity contribution in [3.05, 3.63) is 15.9 Å². The van der Waals surface area contributed by atoms with Gasteiger partial charge < -0.3 is 5.11 Å². The molecule has 0 spiro atoms. The molecule has 0 radical (unpaired) electrons. The highest BCUT2D eigenvalue weighted by atomic mass is 79.9. The van der Waals surface area contributed by atoms with Crippen molar-refractivity contribution in [1.82, 2.24) is 9.78 Å². The second-order valence-electron chi connectivity index (χ2n) is 3.34. The van der Waals surface area contributed by atoms with Gasteiger partial charge in [-0.25, -0.2) is 0 Å². The maximum Gasteiger partial charge on any atom is 0.0738 e. The average Bonchev–Trinajstić information content (AvgIpc) is 2.45. The third kappa shape index (κ3) is 2.58. The molecule has 80 valence electrons. The van der Waals surface area contributed by atoms with Gasteiger partial charge in [-0.1, -0.05) is 0 Å². The van der Waals surface area contributed by atoms with Crippen molar-refractivity contribution in [3.63, 3.8) is 0 Å². The molecule has 1 aromatic rings. The Balaban J connectivity index is 2.72. The summed E-state index contributed by atoms with van der Waals surface area (Å²) in [7, 11) is 0. The summed E-state index contributed by atoms with van der Waals surface area (Å²) in [6.45, 7) is 5.28. The quantitative estimate of drug-likeness (QED) is 0.826. The molecule has 0 aliphatic heterocycles. The first-order valence-electron chi connectivity index (χ1n) is 5.03. The number of nitrogens with zero attached hydrogens (tertiary/aromatic N) is 2. The minimum Gasteiger partial charge on any atom is -0.396 e. The number of halogens is 1. The van der Waals surface area contributed by atoms with Crippen molar-refractivity contribution in [1.29, 1.82) is 0 Å². The van der Waals surface area contributed by atoms with Crippen LogP contribution in [-0.2, 0) is 13.0 Å². The Morgan fingerprint density at radius 3 is 2.71 bits per heavy atom. The van der Waals surface area contributed by atoms with Crippen LogP contribution >= 0.6 is 15.9 Å². The molecule has 1 N–H and O–H groups in total. The minimum atomic E-state index is 0.275. The first-order chi connectivity index (χ1) is 6.70. The predicted octanol–water partition coefficient (Wildman–Crippen LogP) is 2.29. The molecule has 0 fully saturated rings. The van der Waals surface area contributed by atoms with Gasteiger partial charge in [0, 0.05) is 13.2 Å². The van der Waals surface area contributed by atoms with E-state index >= 15 is 0 Å².